The Kier molecular flexibility index (Phi) is 12.3. The Balaban J connectivity index is 0.00000121. The van der Waals surface area contributed by atoms with Gasteiger partial charge in [-0.2, -0.15) is 0 Å². The molecule has 1 N–H and O–H groups in total. The molecule has 0 atom stereocenters. The van der Waals surface area contributed by atoms with Crippen molar-refractivity contribution < 1.29 is 4.74 Å². The Morgan fingerprint density at radius 3 is 2.29 bits per heavy atom. The van der Waals surface area contributed by atoms with Gasteiger partial charge in [0.15, 0.2) is 0 Å². The van der Waals surface area contributed by atoms with E-state index in [9.17, 15) is 0 Å². The normalized spacial score (nSPS) is 17.6. The standard InChI is InChI=1S/C12H26N2O.C2H6/c1-3-7-13-8-11-15-12-5-9-14(4-2)10-6-12;1-2/h12-13H,3-11H2,1-2H3;1-2H3. The van der Waals surface area contributed by atoms with E-state index in [0.717, 1.165) is 19.7 Å². The highest BCUT2D eigenvalue weighted by Gasteiger charge is 2.17. The molecule has 0 unspecified atom stereocenters. The summed E-state index contributed by atoms with van der Waals surface area (Å²) in [5, 5.41) is 3.36. The van der Waals surface area contributed by atoms with Crippen LogP contribution in [0.3, 0.4) is 0 Å². The van der Waals surface area contributed by atoms with E-state index in [-0.39, 0.29) is 0 Å². The average Bonchev–Trinajstić information content (AvgIpc) is 2.41. The van der Waals surface area contributed by atoms with Gasteiger partial charge in [-0.25, -0.2) is 0 Å². The van der Waals surface area contributed by atoms with Gasteiger partial charge in [0.1, 0.15) is 0 Å². The van der Waals surface area contributed by atoms with Gasteiger partial charge in [-0.05, 0) is 32.4 Å². The summed E-state index contributed by atoms with van der Waals surface area (Å²) in [7, 11) is 0. The van der Waals surface area contributed by atoms with Gasteiger partial charge in [-0.1, -0.05) is 27.7 Å². The number of rotatable bonds is 7. The summed E-state index contributed by atoms with van der Waals surface area (Å²) in [5.41, 5.74) is 0. The van der Waals surface area contributed by atoms with Crippen LogP contribution in [-0.2, 0) is 4.74 Å². The molecule has 1 heterocycles. The minimum Gasteiger partial charge on any atom is -0.377 e. The third-order valence-electron chi connectivity index (χ3n) is 3.04. The molecule has 1 rings (SSSR count). The van der Waals surface area contributed by atoms with Gasteiger partial charge in [-0.3, -0.25) is 0 Å². The van der Waals surface area contributed by atoms with Crippen molar-refractivity contribution in [2.24, 2.45) is 0 Å². The van der Waals surface area contributed by atoms with Crippen molar-refractivity contribution in [1.29, 1.82) is 0 Å². The van der Waals surface area contributed by atoms with Gasteiger partial charge in [-0.15, -0.1) is 0 Å². The fourth-order valence-electron chi connectivity index (χ4n) is 1.99. The fraction of sp³-hybridized carbons (Fsp3) is 1.00. The molecule has 1 aliphatic rings. The van der Waals surface area contributed by atoms with Gasteiger partial charge in [0.25, 0.3) is 0 Å². The number of nitrogens with one attached hydrogen (secondary N) is 1. The second-order valence-corrected chi connectivity index (χ2v) is 4.25. The van der Waals surface area contributed by atoms with Crippen molar-refractivity contribution in [3.63, 3.8) is 0 Å². The van der Waals surface area contributed by atoms with Gasteiger partial charge >= 0.3 is 0 Å². The van der Waals surface area contributed by atoms with Gasteiger partial charge in [0.2, 0.25) is 0 Å². The van der Waals surface area contributed by atoms with E-state index in [2.05, 4.69) is 24.1 Å². The zero-order chi connectivity index (χ0) is 12.9. The van der Waals surface area contributed by atoms with Crippen LogP contribution in [0.1, 0.15) is 47.0 Å². The Morgan fingerprint density at radius 2 is 1.76 bits per heavy atom. The molecule has 104 valence electrons. The molecule has 1 saturated heterocycles. The SMILES string of the molecule is CC.CCCNCCOC1CCN(CC)CC1. The van der Waals surface area contributed by atoms with E-state index in [0.29, 0.717) is 6.10 Å². The molecule has 0 aromatic carbocycles. The van der Waals surface area contributed by atoms with E-state index in [1.807, 2.05) is 13.8 Å². The number of nitrogens with zero attached hydrogens (tertiary/aromatic N) is 1. The number of hydrogen-bond acceptors (Lipinski definition) is 3. The maximum absolute atomic E-state index is 5.83. The maximum Gasteiger partial charge on any atom is 0.0600 e. The molecule has 1 fully saturated rings. The van der Waals surface area contributed by atoms with Crippen molar-refractivity contribution in [1.82, 2.24) is 10.2 Å². The lowest BCUT2D eigenvalue weighted by Crippen LogP contribution is -2.37. The summed E-state index contributed by atoms with van der Waals surface area (Å²) < 4.78 is 5.83. The molecule has 17 heavy (non-hydrogen) atoms. The highest BCUT2D eigenvalue weighted by molar-refractivity contribution is 4.71. The van der Waals surface area contributed by atoms with Crippen LogP contribution in [-0.4, -0.2) is 50.3 Å². The molecule has 1 aliphatic heterocycles. The van der Waals surface area contributed by atoms with E-state index in [4.69, 9.17) is 4.74 Å². The van der Waals surface area contributed by atoms with Gasteiger partial charge < -0.3 is 15.0 Å². The summed E-state index contributed by atoms with van der Waals surface area (Å²) in [6.45, 7) is 15.0. The zero-order valence-corrected chi connectivity index (χ0v) is 12.3. The minimum atomic E-state index is 0.510. The predicted octanol–water partition coefficient (Wildman–Crippen LogP) is 2.51. The van der Waals surface area contributed by atoms with Crippen molar-refractivity contribution >= 4 is 0 Å². The average molecular weight is 244 g/mol. The lowest BCUT2D eigenvalue weighted by atomic mass is 10.1. The molecule has 0 spiro atoms. The summed E-state index contributed by atoms with van der Waals surface area (Å²) in [6.07, 6.45) is 4.13. The Labute approximate surface area is 108 Å². The lowest BCUT2D eigenvalue weighted by Gasteiger charge is -2.30. The van der Waals surface area contributed by atoms with Gasteiger partial charge in [0.05, 0.1) is 12.7 Å². The third kappa shape index (κ3) is 8.58. The highest BCUT2D eigenvalue weighted by Crippen LogP contribution is 2.12. The first-order valence-electron chi connectivity index (χ1n) is 7.41. The monoisotopic (exact) mass is 244 g/mol. The van der Waals surface area contributed by atoms with Crippen LogP contribution in [0.4, 0.5) is 0 Å². The predicted molar refractivity (Wildman–Crippen MR) is 75.6 cm³/mol. The smallest absolute Gasteiger partial charge is 0.0600 e. The first-order valence-corrected chi connectivity index (χ1v) is 7.41. The molecule has 0 bridgehead atoms. The Bertz CT molecular complexity index is 145. The van der Waals surface area contributed by atoms with Crippen LogP contribution in [0.5, 0.6) is 0 Å². The molecule has 0 aromatic heterocycles. The molecule has 0 aliphatic carbocycles. The summed E-state index contributed by atoms with van der Waals surface area (Å²) in [6, 6.07) is 0. The number of hydrogen-bond donors (Lipinski definition) is 1. The highest BCUT2D eigenvalue weighted by atomic mass is 16.5. The fourth-order valence-corrected chi connectivity index (χ4v) is 1.99. The topological polar surface area (TPSA) is 24.5 Å². The second-order valence-electron chi connectivity index (χ2n) is 4.25. The first-order chi connectivity index (χ1) is 8.36. The van der Waals surface area contributed by atoms with Crippen LogP contribution in [0.15, 0.2) is 0 Å². The molecular weight excluding hydrogens is 212 g/mol. The largest absolute Gasteiger partial charge is 0.377 e. The van der Waals surface area contributed by atoms with Gasteiger partial charge in [0, 0.05) is 19.6 Å². The molecule has 0 saturated carbocycles. The first kappa shape index (κ1) is 16.9. The zero-order valence-electron chi connectivity index (χ0n) is 12.3. The minimum absolute atomic E-state index is 0.510. The summed E-state index contributed by atoms with van der Waals surface area (Å²) in [4.78, 5) is 2.50. The quantitative estimate of drug-likeness (QED) is 0.697. The van der Waals surface area contributed by atoms with E-state index in [1.54, 1.807) is 0 Å². The number of ether oxygens (including phenoxy) is 1. The van der Waals surface area contributed by atoms with Crippen molar-refractivity contribution in [3.8, 4) is 0 Å². The van der Waals surface area contributed by atoms with Crippen LogP contribution in [0.25, 0.3) is 0 Å². The van der Waals surface area contributed by atoms with E-state index >= 15 is 0 Å². The molecule has 0 amide bonds. The molecule has 0 radical (unpaired) electrons. The number of piperidine rings is 1. The van der Waals surface area contributed by atoms with Crippen LogP contribution >= 0.6 is 0 Å². The molecule has 3 heteroatoms. The Hall–Kier alpha value is -0.120. The summed E-state index contributed by atoms with van der Waals surface area (Å²) >= 11 is 0. The van der Waals surface area contributed by atoms with Crippen LogP contribution < -0.4 is 5.32 Å². The maximum atomic E-state index is 5.83. The summed E-state index contributed by atoms with van der Waals surface area (Å²) in [5.74, 6) is 0. The van der Waals surface area contributed by atoms with E-state index in [1.165, 1.54) is 38.9 Å². The van der Waals surface area contributed by atoms with Crippen molar-refractivity contribution in [3.05, 3.63) is 0 Å². The van der Waals surface area contributed by atoms with Crippen molar-refractivity contribution in [2.75, 3.05) is 39.3 Å². The lowest BCUT2D eigenvalue weighted by molar-refractivity contribution is 0.0103. The molecule has 0 aromatic rings. The van der Waals surface area contributed by atoms with Crippen LogP contribution in [0, 0.1) is 0 Å². The van der Waals surface area contributed by atoms with Crippen LogP contribution in [0.2, 0.25) is 0 Å². The van der Waals surface area contributed by atoms with Crippen molar-refractivity contribution in [2.45, 2.75) is 53.1 Å². The Morgan fingerprint density at radius 1 is 1.12 bits per heavy atom. The van der Waals surface area contributed by atoms with E-state index < -0.39 is 0 Å². The second kappa shape index (κ2) is 12.3. The molecular formula is C14H32N2O. The third-order valence-corrected chi connectivity index (χ3v) is 3.04. The number of likely N-dealkylation sites (tertiary alicyclic amines) is 1. The molecule has 3 nitrogen and oxygen atoms in total.